The number of aromatic nitrogens is 2. The second-order valence-electron chi connectivity index (χ2n) is 6.59. The zero-order valence-electron chi connectivity index (χ0n) is 17.5. The number of hydrogen-bond donors (Lipinski definition) is 4. The van der Waals surface area contributed by atoms with Crippen molar-refractivity contribution in [2.24, 2.45) is 7.05 Å². The van der Waals surface area contributed by atoms with Crippen LogP contribution in [-0.2, 0) is 23.2 Å². The van der Waals surface area contributed by atoms with Crippen molar-refractivity contribution in [3.63, 3.8) is 0 Å². The number of carboxylic acids is 2. The molecule has 0 aliphatic carbocycles. The molecule has 0 bridgehead atoms. The van der Waals surface area contributed by atoms with Gasteiger partial charge in [0.15, 0.2) is 11.5 Å². The van der Waals surface area contributed by atoms with Crippen LogP contribution in [0.4, 0.5) is 5.95 Å². The number of phenolic OH excluding ortho intramolecular Hbond substituents is 1. The minimum absolute atomic E-state index is 0.157. The first kappa shape index (κ1) is 23.3. The molecule has 0 unspecified atom stereocenters. The maximum absolute atomic E-state index is 9.78. The fourth-order valence-electron chi connectivity index (χ4n) is 2.69. The molecule has 0 amide bonds. The third-order valence-corrected chi connectivity index (χ3v) is 4.29. The van der Waals surface area contributed by atoms with Crippen LogP contribution in [0, 0.1) is 6.92 Å². The highest BCUT2D eigenvalue weighted by Crippen LogP contribution is 2.27. The molecule has 0 aliphatic rings. The number of rotatable bonds is 6. The van der Waals surface area contributed by atoms with E-state index in [0.29, 0.717) is 18.9 Å². The number of aryl methyl sites for hydroxylation is 1. The molecule has 0 fully saturated rings. The number of aromatic hydroxyl groups is 1. The predicted molar refractivity (Wildman–Crippen MR) is 115 cm³/mol. The molecule has 9 nitrogen and oxygen atoms in total. The number of aliphatic carboxylic acids is 2. The van der Waals surface area contributed by atoms with Crippen LogP contribution in [0.1, 0.15) is 18.1 Å². The average Bonchev–Trinajstić information content (AvgIpc) is 3.10. The smallest absolute Gasteiger partial charge is 0.414 e. The second kappa shape index (κ2) is 10.7. The maximum Gasteiger partial charge on any atom is 0.414 e. The summed E-state index contributed by atoms with van der Waals surface area (Å²) in [5.74, 6) is -2.20. The third-order valence-electron chi connectivity index (χ3n) is 4.29. The van der Waals surface area contributed by atoms with Crippen LogP contribution in [0.5, 0.6) is 11.5 Å². The summed E-state index contributed by atoms with van der Waals surface area (Å²) in [4.78, 5) is 22.7. The SMILES string of the molecule is CCOc1cc(CNc2ncc(-c3ccc(C)cc3)n2C)ccc1O.O=C(O)C(=O)O. The normalized spacial score (nSPS) is 10.0. The van der Waals surface area contributed by atoms with Gasteiger partial charge in [-0.25, -0.2) is 14.6 Å². The number of phenols is 1. The van der Waals surface area contributed by atoms with E-state index in [9.17, 15) is 5.11 Å². The van der Waals surface area contributed by atoms with Gasteiger partial charge < -0.3 is 29.9 Å². The van der Waals surface area contributed by atoms with Gasteiger partial charge in [-0.3, -0.25) is 0 Å². The number of nitrogens with zero attached hydrogens (tertiary/aromatic N) is 2. The number of hydrogen-bond acceptors (Lipinski definition) is 6. The van der Waals surface area contributed by atoms with Crippen LogP contribution >= 0.6 is 0 Å². The minimum atomic E-state index is -1.82. The van der Waals surface area contributed by atoms with Crippen LogP contribution in [0.3, 0.4) is 0 Å². The van der Waals surface area contributed by atoms with Crippen LogP contribution in [0.2, 0.25) is 0 Å². The van der Waals surface area contributed by atoms with Crippen molar-refractivity contribution in [3.8, 4) is 22.8 Å². The number of carboxylic acid groups (broad SMARTS) is 2. The van der Waals surface area contributed by atoms with Crippen LogP contribution in [0.25, 0.3) is 11.3 Å². The van der Waals surface area contributed by atoms with E-state index in [1.807, 2.05) is 36.9 Å². The lowest BCUT2D eigenvalue weighted by molar-refractivity contribution is -0.159. The molecular formula is C22H25N3O6. The van der Waals surface area contributed by atoms with E-state index in [2.05, 4.69) is 41.5 Å². The van der Waals surface area contributed by atoms with Gasteiger partial charge in [-0.15, -0.1) is 0 Å². The lowest BCUT2D eigenvalue weighted by atomic mass is 10.1. The molecular weight excluding hydrogens is 402 g/mol. The maximum atomic E-state index is 9.78. The molecule has 2 aromatic carbocycles. The summed E-state index contributed by atoms with van der Waals surface area (Å²) < 4.78 is 7.46. The first-order valence-electron chi connectivity index (χ1n) is 9.46. The summed E-state index contributed by atoms with van der Waals surface area (Å²) in [5, 5.41) is 27.9. The van der Waals surface area contributed by atoms with Crippen molar-refractivity contribution in [2.45, 2.75) is 20.4 Å². The Hall–Kier alpha value is -4.01. The number of anilines is 1. The standard InChI is InChI=1S/C20H23N3O2.C2H2O4/c1-4-25-19-11-15(7-10-18(19)24)12-21-20-22-13-17(23(20)3)16-8-5-14(2)6-9-16;3-1(4)2(5)6/h5-11,13,24H,4,12H2,1-3H3,(H,21,22);(H,3,4)(H,5,6). The summed E-state index contributed by atoms with van der Waals surface area (Å²) in [7, 11) is 1.99. The van der Waals surface area contributed by atoms with Crippen molar-refractivity contribution in [1.82, 2.24) is 9.55 Å². The Kier molecular flexibility index (Phi) is 8.01. The number of carbonyl (C=O) groups is 2. The van der Waals surface area contributed by atoms with Gasteiger partial charge >= 0.3 is 11.9 Å². The van der Waals surface area contributed by atoms with E-state index in [-0.39, 0.29) is 5.75 Å². The van der Waals surface area contributed by atoms with E-state index in [4.69, 9.17) is 24.5 Å². The molecule has 164 valence electrons. The average molecular weight is 427 g/mol. The van der Waals surface area contributed by atoms with E-state index in [1.54, 1.807) is 6.07 Å². The highest BCUT2D eigenvalue weighted by atomic mass is 16.5. The number of nitrogens with one attached hydrogen (secondary N) is 1. The Morgan fingerprint density at radius 2 is 1.74 bits per heavy atom. The zero-order chi connectivity index (χ0) is 23.0. The Bertz CT molecular complexity index is 1030. The molecule has 1 aromatic heterocycles. The van der Waals surface area contributed by atoms with Gasteiger partial charge in [-0.05, 0) is 37.1 Å². The summed E-state index contributed by atoms with van der Waals surface area (Å²) in [6, 6.07) is 13.8. The fourth-order valence-corrected chi connectivity index (χ4v) is 2.69. The van der Waals surface area contributed by atoms with Crippen molar-refractivity contribution < 1.29 is 29.6 Å². The highest BCUT2D eigenvalue weighted by molar-refractivity contribution is 6.27. The Balaban J connectivity index is 0.000000501. The monoisotopic (exact) mass is 427 g/mol. The molecule has 0 radical (unpaired) electrons. The van der Waals surface area contributed by atoms with Gasteiger partial charge in [0, 0.05) is 13.6 Å². The van der Waals surface area contributed by atoms with Gasteiger partial charge in [0.25, 0.3) is 0 Å². The minimum Gasteiger partial charge on any atom is -0.504 e. The Morgan fingerprint density at radius 1 is 1.10 bits per heavy atom. The third kappa shape index (κ3) is 6.49. The van der Waals surface area contributed by atoms with Crippen molar-refractivity contribution in [3.05, 3.63) is 59.8 Å². The largest absolute Gasteiger partial charge is 0.504 e. The first-order valence-corrected chi connectivity index (χ1v) is 9.46. The number of imidazole rings is 1. The van der Waals surface area contributed by atoms with Crippen molar-refractivity contribution >= 4 is 17.9 Å². The number of ether oxygens (including phenoxy) is 1. The van der Waals surface area contributed by atoms with Crippen LogP contribution in [0.15, 0.2) is 48.7 Å². The van der Waals surface area contributed by atoms with E-state index >= 15 is 0 Å². The predicted octanol–water partition coefficient (Wildman–Crippen LogP) is 3.27. The highest BCUT2D eigenvalue weighted by Gasteiger charge is 2.09. The van der Waals surface area contributed by atoms with Gasteiger partial charge in [-0.1, -0.05) is 35.9 Å². The molecule has 3 rings (SSSR count). The summed E-state index contributed by atoms with van der Waals surface area (Å²) >= 11 is 0. The topological polar surface area (TPSA) is 134 Å². The quantitative estimate of drug-likeness (QED) is 0.441. The molecule has 1 heterocycles. The Morgan fingerprint density at radius 3 is 2.32 bits per heavy atom. The Labute approximate surface area is 179 Å². The van der Waals surface area contributed by atoms with Gasteiger partial charge in [0.05, 0.1) is 18.5 Å². The molecule has 0 saturated heterocycles. The zero-order valence-corrected chi connectivity index (χ0v) is 17.5. The fraction of sp³-hybridized carbons (Fsp3) is 0.227. The lowest BCUT2D eigenvalue weighted by Gasteiger charge is -2.11. The molecule has 0 saturated carbocycles. The van der Waals surface area contributed by atoms with Crippen LogP contribution in [-0.4, -0.2) is 43.4 Å². The summed E-state index contributed by atoms with van der Waals surface area (Å²) in [5.41, 5.74) is 4.45. The lowest BCUT2D eigenvalue weighted by Crippen LogP contribution is -2.09. The molecule has 0 aliphatic heterocycles. The van der Waals surface area contributed by atoms with Gasteiger partial charge in [0.1, 0.15) is 0 Å². The van der Waals surface area contributed by atoms with E-state index in [0.717, 1.165) is 22.8 Å². The van der Waals surface area contributed by atoms with Crippen molar-refractivity contribution in [1.29, 1.82) is 0 Å². The molecule has 4 N–H and O–H groups in total. The summed E-state index contributed by atoms with van der Waals surface area (Å²) in [6.45, 7) is 5.08. The van der Waals surface area contributed by atoms with Crippen molar-refractivity contribution in [2.75, 3.05) is 11.9 Å². The first-order chi connectivity index (χ1) is 14.7. The molecule has 0 atom stereocenters. The van der Waals surface area contributed by atoms with E-state index < -0.39 is 11.9 Å². The molecule has 9 heteroatoms. The summed E-state index contributed by atoms with van der Waals surface area (Å²) in [6.07, 6.45) is 1.87. The molecule has 0 spiro atoms. The molecule has 31 heavy (non-hydrogen) atoms. The van der Waals surface area contributed by atoms with Gasteiger partial charge in [-0.2, -0.15) is 0 Å². The second-order valence-corrected chi connectivity index (χ2v) is 6.59. The van der Waals surface area contributed by atoms with Crippen LogP contribution < -0.4 is 10.1 Å². The molecule has 3 aromatic rings. The van der Waals surface area contributed by atoms with Gasteiger partial charge in [0.2, 0.25) is 5.95 Å². The number of benzene rings is 2. The van der Waals surface area contributed by atoms with E-state index in [1.165, 1.54) is 5.56 Å².